The normalized spacial score (nSPS) is 13.6. The highest BCUT2D eigenvalue weighted by Crippen LogP contribution is 1.98. The van der Waals surface area contributed by atoms with Crippen molar-refractivity contribution in [3.63, 3.8) is 0 Å². The number of carbonyl (C=O) groups is 1. The molecule has 1 atom stereocenters. The van der Waals surface area contributed by atoms with Crippen LogP contribution in [-0.4, -0.2) is 30.9 Å². The zero-order valence-corrected chi connectivity index (χ0v) is 7.65. The van der Waals surface area contributed by atoms with Crippen LogP contribution in [0, 0.1) is 0 Å². The number of nitrogens with one attached hydrogen (secondary N) is 1. The molecule has 3 nitrogen and oxygen atoms in total. The van der Waals surface area contributed by atoms with E-state index < -0.39 is 0 Å². The fraction of sp³-hybridized carbons (Fsp3) is 0.571. The van der Waals surface area contributed by atoms with Crippen molar-refractivity contribution in [2.45, 2.75) is 6.04 Å². The lowest BCUT2D eigenvalue weighted by atomic mass is 10.2. The first kappa shape index (κ1) is 10.5. The average molecular weight is 174 g/mol. The second-order valence-electron chi connectivity index (χ2n) is 2.06. The van der Waals surface area contributed by atoms with Gasteiger partial charge in [0.1, 0.15) is 0 Å². The van der Waals surface area contributed by atoms with E-state index in [1.165, 1.54) is 12.3 Å². The molecule has 11 heavy (non-hydrogen) atoms. The molecule has 0 aliphatic heterocycles. The largest absolute Gasteiger partial charge is 0.404 e. The number of likely N-dealkylation sites (N-methyl/N-ethyl adjacent to an activating group) is 1. The summed E-state index contributed by atoms with van der Waals surface area (Å²) < 4.78 is 0. The van der Waals surface area contributed by atoms with Gasteiger partial charge in [0.05, 0.1) is 6.04 Å². The van der Waals surface area contributed by atoms with Gasteiger partial charge < -0.3 is 11.1 Å². The summed E-state index contributed by atoms with van der Waals surface area (Å²) in [7, 11) is 1.77. The molecule has 0 aliphatic carbocycles. The predicted molar refractivity (Wildman–Crippen MR) is 49.6 cm³/mol. The molecule has 64 valence electrons. The lowest BCUT2D eigenvalue weighted by Crippen LogP contribution is -2.35. The van der Waals surface area contributed by atoms with Crippen LogP contribution in [0.1, 0.15) is 0 Å². The van der Waals surface area contributed by atoms with Gasteiger partial charge in [0.15, 0.2) is 5.78 Å². The standard InChI is InChI=1S/C7H14N2OS/c1-9-6(5-11-2)7(10)3-4-8/h3-4,6,9H,5,8H2,1-2H3. The van der Waals surface area contributed by atoms with E-state index in [4.69, 9.17) is 5.73 Å². The van der Waals surface area contributed by atoms with Crippen molar-refractivity contribution in [2.75, 3.05) is 19.1 Å². The molecular formula is C7H14N2OS. The van der Waals surface area contributed by atoms with Crippen LogP contribution in [0.2, 0.25) is 0 Å². The Labute approximate surface area is 71.4 Å². The van der Waals surface area contributed by atoms with Crippen LogP contribution in [0.3, 0.4) is 0 Å². The van der Waals surface area contributed by atoms with Crippen molar-refractivity contribution in [3.8, 4) is 0 Å². The first-order valence-corrected chi connectivity index (χ1v) is 4.74. The van der Waals surface area contributed by atoms with Gasteiger partial charge in [0.25, 0.3) is 0 Å². The molecule has 0 bridgehead atoms. The number of hydrogen-bond donors (Lipinski definition) is 2. The monoisotopic (exact) mass is 174 g/mol. The van der Waals surface area contributed by atoms with Gasteiger partial charge in [-0.3, -0.25) is 4.79 Å². The van der Waals surface area contributed by atoms with E-state index in [-0.39, 0.29) is 11.8 Å². The highest BCUT2D eigenvalue weighted by Gasteiger charge is 2.11. The fourth-order valence-electron chi connectivity index (χ4n) is 0.685. The minimum atomic E-state index is -0.107. The molecule has 0 aromatic carbocycles. The molecule has 0 aromatic rings. The van der Waals surface area contributed by atoms with Gasteiger partial charge in [-0.1, -0.05) is 0 Å². The fourth-order valence-corrected chi connectivity index (χ4v) is 1.35. The summed E-state index contributed by atoms with van der Waals surface area (Å²) in [6, 6.07) is -0.107. The maximum atomic E-state index is 11.1. The molecule has 0 spiro atoms. The maximum absolute atomic E-state index is 11.1. The summed E-state index contributed by atoms with van der Waals surface area (Å²) in [5, 5.41) is 2.91. The van der Waals surface area contributed by atoms with Crippen LogP contribution >= 0.6 is 11.8 Å². The lowest BCUT2D eigenvalue weighted by Gasteiger charge is -2.09. The number of hydrogen-bond acceptors (Lipinski definition) is 4. The molecule has 0 saturated carbocycles. The minimum absolute atomic E-state index is 0.0318. The van der Waals surface area contributed by atoms with E-state index >= 15 is 0 Å². The van der Waals surface area contributed by atoms with Crippen molar-refractivity contribution < 1.29 is 4.79 Å². The molecule has 0 rings (SSSR count). The first-order valence-electron chi connectivity index (χ1n) is 3.34. The van der Waals surface area contributed by atoms with Crippen LogP contribution in [-0.2, 0) is 4.79 Å². The molecule has 3 N–H and O–H groups in total. The van der Waals surface area contributed by atoms with Crippen molar-refractivity contribution >= 4 is 17.5 Å². The number of nitrogens with two attached hydrogens (primary N) is 1. The Morgan fingerprint density at radius 3 is 2.82 bits per heavy atom. The molecule has 0 aromatic heterocycles. The van der Waals surface area contributed by atoms with Crippen molar-refractivity contribution in [1.82, 2.24) is 5.32 Å². The molecule has 0 saturated heterocycles. The number of rotatable bonds is 5. The van der Waals surface area contributed by atoms with Crippen molar-refractivity contribution in [2.24, 2.45) is 5.73 Å². The van der Waals surface area contributed by atoms with Gasteiger partial charge in [-0.05, 0) is 25.6 Å². The Morgan fingerprint density at radius 1 is 1.82 bits per heavy atom. The van der Waals surface area contributed by atoms with Crippen molar-refractivity contribution in [1.29, 1.82) is 0 Å². The smallest absolute Gasteiger partial charge is 0.174 e. The van der Waals surface area contributed by atoms with E-state index in [0.29, 0.717) is 0 Å². The molecular weight excluding hydrogens is 160 g/mol. The van der Waals surface area contributed by atoms with E-state index in [9.17, 15) is 4.79 Å². The van der Waals surface area contributed by atoms with Gasteiger partial charge in [0.2, 0.25) is 0 Å². The third-order valence-electron chi connectivity index (χ3n) is 1.29. The molecule has 0 fully saturated rings. The van der Waals surface area contributed by atoms with Gasteiger partial charge >= 0.3 is 0 Å². The summed E-state index contributed by atoms with van der Waals surface area (Å²) in [5.74, 6) is 0.809. The van der Waals surface area contributed by atoms with Gasteiger partial charge in [0, 0.05) is 5.75 Å². The van der Waals surface area contributed by atoms with E-state index in [2.05, 4.69) is 5.32 Å². The lowest BCUT2D eigenvalue weighted by molar-refractivity contribution is -0.115. The Bertz CT molecular complexity index is 147. The SMILES string of the molecule is CNC(CSC)C(=O)C=CN. The highest BCUT2D eigenvalue weighted by atomic mass is 32.2. The second kappa shape index (κ2) is 6.24. The number of ketones is 1. The summed E-state index contributed by atoms with van der Waals surface area (Å²) in [5.41, 5.74) is 5.08. The number of thioether (sulfide) groups is 1. The third kappa shape index (κ3) is 4.06. The molecule has 0 aliphatic rings. The summed E-state index contributed by atoms with van der Waals surface area (Å²) in [4.78, 5) is 11.1. The Hall–Kier alpha value is -0.480. The molecule has 4 heteroatoms. The Kier molecular flexibility index (Phi) is 5.97. The average Bonchev–Trinajstić information content (AvgIpc) is 2.00. The maximum Gasteiger partial charge on any atom is 0.174 e. The third-order valence-corrected chi connectivity index (χ3v) is 1.95. The van der Waals surface area contributed by atoms with Gasteiger partial charge in [-0.25, -0.2) is 0 Å². The quantitative estimate of drug-likeness (QED) is 0.575. The van der Waals surface area contributed by atoms with Crippen molar-refractivity contribution in [3.05, 3.63) is 12.3 Å². The Balaban J connectivity index is 3.91. The molecule has 1 unspecified atom stereocenters. The van der Waals surface area contributed by atoms with Gasteiger partial charge in [-0.2, -0.15) is 11.8 Å². The zero-order chi connectivity index (χ0) is 8.69. The highest BCUT2D eigenvalue weighted by molar-refractivity contribution is 7.98. The van der Waals surface area contributed by atoms with E-state index in [0.717, 1.165) is 5.75 Å². The van der Waals surface area contributed by atoms with Crippen LogP contribution in [0.4, 0.5) is 0 Å². The summed E-state index contributed by atoms with van der Waals surface area (Å²) in [6.07, 6.45) is 4.62. The van der Waals surface area contributed by atoms with E-state index in [1.54, 1.807) is 18.8 Å². The van der Waals surface area contributed by atoms with Crippen LogP contribution in [0.5, 0.6) is 0 Å². The zero-order valence-electron chi connectivity index (χ0n) is 6.83. The molecule has 0 amide bonds. The van der Waals surface area contributed by atoms with Crippen LogP contribution < -0.4 is 11.1 Å². The predicted octanol–water partition coefficient (Wildman–Crippen LogP) is -0.0211. The first-order chi connectivity index (χ1) is 5.26. The Morgan fingerprint density at radius 2 is 2.45 bits per heavy atom. The molecule has 0 radical (unpaired) electrons. The second-order valence-corrected chi connectivity index (χ2v) is 2.97. The summed E-state index contributed by atoms with van der Waals surface area (Å²) in [6.45, 7) is 0. The molecule has 0 heterocycles. The number of carbonyl (C=O) groups excluding carboxylic acids is 1. The topological polar surface area (TPSA) is 55.1 Å². The summed E-state index contributed by atoms with van der Waals surface area (Å²) >= 11 is 1.63. The van der Waals surface area contributed by atoms with Crippen LogP contribution in [0.25, 0.3) is 0 Å². The van der Waals surface area contributed by atoms with E-state index in [1.807, 2.05) is 6.26 Å². The van der Waals surface area contributed by atoms with Gasteiger partial charge in [-0.15, -0.1) is 0 Å². The van der Waals surface area contributed by atoms with Crippen LogP contribution in [0.15, 0.2) is 12.3 Å². The minimum Gasteiger partial charge on any atom is -0.404 e.